The number of likely N-dealkylation sites (tertiary alicyclic amines) is 1. The molecule has 2 fully saturated rings. The van der Waals surface area contributed by atoms with E-state index < -0.39 is 0 Å². The van der Waals surface area contributed by atoms with Crippen molar-refractivity contribution < 1.29 is 13.9 Å². The molecule has 1 saturated carbocycles. The lowest BCUT2D eigenvalue weighted by Crippen LogP contribution is -2.46. The van der Waals surface area contributed by atoms with Gasteiger partial charge < -0.3 is 19.1 Å². The van der Waals surface area contributed by atoms with Crippen molar-refractivity contribution >= 4 is 22.1 Å². The van der Waals surface area contributed by atoms with Crippen molar-refractivity contribution in [1.82, 2.24) is 4.90 Å². The van der Waals surface area contributed by atoms with Gasteiger partial charge in [0.1, 0.15) is 5.82 Å². The predicted octanol–water partition coefficient (Wildman–Crippen LogP) is 4.63. The first-order valence-electron chi connectivity index (χ1n) is 10.1. The summed E-state index contributed by atoms with van der Waals surface area (Å²) in [6.45, 7) is 1.11. The SMILES string of the molecule is COc1ccc([C@@]23CC/C(=[SH]/Nc4ccc(F)cc4)C[C@@H]2N(C)CC3)cc1OC. The second kappa shape index (κ2) is 8.36. The second-order valence-electron chi connectivity index (χ2n) is 7.97. The minimum Gasteiger partial charge on any atom is -0.493 e. The average molecular weight is 417 g/mol. The van der Waals surface area contributed by atoms with Crippen molar-refractivity contribution in [3.63, 3.8) is 0 Å². The van der Waals surface area contributed by atoms with E-state index in [9.17, 15) is 4.39 Å². The van der Waals surface area contributed by atoms with Gasteiger partial charge in [-0.2, -0.15) is 0 Å². The highest BCUT2D eigenvalue weighted by Crippen LogP contribution is 2.49. The molecule has 2 aliphatic rings. The molecule has 6 heteroatoms. The fraction of sp³-hybridized carbons (Fsp3) is 0.435. The quantitative estimate of drug-likeness (QED) is 0.550. The first-order valence-corrected chi connectivity index (χ1v) is 10.9. The van der Waals surface area contributed by atoms with E-state index in [0.717, 1.165) is 54.5 Å². The van der Waals surface area contributed by atoms with Gasteiger partial charge in [0.25, 0.3) is 0 Å². The molecule has 2 aromatic carbocycles. The highest BCUT2D eigenvalue weighted by Gasteiger charge is 2.49. The molecule has 1 N–H and O–H groups in total. The smallest absolute Gasteiger partial charge is 0.161 e. The van der Waals surface area contributed by atoms with Gasteiger partial charge in [-0.25, -0.2) is 4.39 Å². The molecule has 1 aliphatic heterocycles. The number of hydrogen-bond acceptors (Lipinski definition) is 4. The zero-order valence-corrected chi connectivity index (χ0v) is 18.1. The number of methoxy groups -OCH3 is 2. The molecular formula is C23H29FN2O2S. The standard InChI is InChI=1S/C23H29FN2O2S/c1-26-13-12-23(16-4-9-20(27-2)21(14-16)28-3)11-10-19(15-22(23)26)29-25-18-7-5-17(24)6-8-18/h4-9,14,22,25,29H,10-13,15H2,1-3H3/t22-,23-/m0/s1. The van der Waals surface area contributed by atoms with Gasteiger partial charge in [0, 0.05) is 17.1 Å². The Bertz CT molecular complexity index is 902. The van der Waals surface area contributed by atoms with Crippen molar-refractivity contribution in [2.24, 2.45) is 0 Å². The Morgan fingerprint density at radius 3 is 2.55 bits per heavy atom. The summed E-state index contributed by atoms with van der Waals surface area (Å²) in [6.07, 6.45) is 4.46. The van der Waals surface area contributed by atoms with Gasteiger partial charge in [0.05, 0.1) is 14.2 Å². The molecule has 2 atom stereocenters. The van der Waals surface area contributed by atoms with E-state index in [4.69, 9.17) is 9.47 Å². The Hall–Kier alpha value is -2.05. The maximum atomic E-state index is 13.1. The monoisotopic (exact) mass is 416 g/mol. The lowest BCUT2D eigenvalue weighted by atomic mass is 9.66. The summed E-state index contributed by atoms with van der Waals surface area (Å²) in [7, 11) is 5.61. The van der Waals surface area contributed by atoms with Crippen molar-refractivity contribution in [2.45, 2.75) is 37.1 Å². The third-order valence-corrected chi connectivity index (χ3v) is 7.61. The normalized spacial score (nSPS) is 25.9. The Labute approximate surface area is 176 Å². The number of hydrogen-bond donors (Lipinski definition) is 2. The molecule has 0 spiro atoms. The minimum atomic E-state index is -0.204. The second-order valence-corrected chi connectivity index (χ2v) is 9.05. The first kappa shape index (κ1) is 20.2. The van der Waals surface area contributed by atoms with Crippen LogP contribution < -0.4 is 14.2 Å². The van der Waals surface area contributed by atoms with Crippen LogP contribution in [0.1, 0.15) is 31.2 Å². The van der Waals surface area contributed by atoms with Gasteiger partial charge >= 0.3 is 0 Å². The molecule has 1 saturated heterocycles. The van der Waals surface area contributed by atoms with Crippen molar-refractivity contribution in [3.05, 3.63) is 53.8 Å². The average Bonchev–Trinajstić information content (AvgIpc) is 3.10. The van der Waals surface area contributed by atoms with E-state index in [1.165, 1.54) is 29.0 Å². The summed E-state index contributed by atoms with van der Waals surface area (Å²) in [5.41, 5.74) is 2.47. The van der Waals surface area contributed by atoms with Crippen LogP contribution in [-0.2, 0) is 5.41 Å². The third kappa shape index (κ3) is 3.88. The van der Waals surface area contributed by atoms with E-state index in [0.29, 0.717) is 6.04 Å². The molecule has 0 radical (unpaired) electrons. The summed E-state index contributed by atoms with van der Waals surface area (Å²) >= 11 is 1.13. The highest BCUT2D eigenvalue weighted by molar-refractivity contribution is 8.00. The molecule has 0 amide bonds. The molecule has 29 heavy (non-hydrogen) atoms. The number of fused-ring (bicyclic) bond motifs is 1. The maximum absolute atomic E-state index is 13.1. The van der Waals surface area contributed by atoms with E-state index in [1.54, 1.807) is 26.4 Å². The Morgan fingerprint density at radius 2 is 1.83 bits per heavy atom. The van der Waals surface area contributed by atoms with Gasteiger partial charge in [-0.1, -0.05) is 6.07 Å². The van der Waals surface area contributed by atoms with Crippen molar-refractivity contribution in [3.8, 4) is 11.5 Å². The van der Waals surface area contributed by atoms with E-state index >= 15 is 0 Å². The Balaban J connectivity index is 1.57. The number of nitrogens with zero attached hydrogens (tertiary/aromatic N) is 1. The summed E-state index contributed by atoms with van der Waals surface area (Å²) in [4.78, 5) is 4.01. The van der Waals surface area contributed by atoms with Crippen LogP contribution in [0.5, 0.6) is 11.5 Å². The van der Waals surface area contributed by atoms with E-state index in [-0.39, 0.29) is 11.2 Å². The number of thiol groups is 1. The Morgan fingerprint density at radius 1 is 1.07 bits per heavy atom. The topological polar surface area (TPSA) is 33.7 Å². The van der Waals surface area contributed by atoms with Crippen molar-refractivity contribution in [1.29, 1.82) is 0 Å². The first-order chi connectivity index (χ1) is 14.1. The summed E-state index contributed by atoms with van der Waals surface area (Å²) in [6, 6.07) is 13.5. The number of likely N-dealkylation sites (N-methyl/N-ethyl adjacent to an activating group) is 1. The molecule has 156 valence electrons. The van der Waals surface area contributed by atoms with Crippen molar-refractivity contribution in [2.75, 3.05) is 32.5 Å². The molecule has 4 nitrogen and oxygen atoms in total. The van der Waals surface area contributed by atoms with Gasteiger partial charge in [-0.15, -0.1) is 11.5 Å². The van der Waals surface area contributed by atoms with Crippen LogP contribution in [0.25, 0.3) is 0 Å². The van der Waals surface area contributed by atoms with Crippen LogP contribution in [-0.4, -0.2) is 43.6 Å². The zero-order chi connectivity index (χ0) is 20.4. The third-order valence-electron chi connectivity index (χ3n) is 6.52. The molecule has 1 aliphatic carbocycles. The predicted molar refractivity (Wildman–Crippen MR) is 120 cm³/mol. The molecule has 0 bridgehead atoms. The molecule has 2 aromatic rings. The van der Waals surface area contributed by atoms with Crippen LogP contribution >= 0.6 is 11.5 Å². The molecule has 0 aromatic heterocycles. The van der Waals surface area contributed by atoms with E-state index in [2.05, 4.69) is 28.8 Å². The minimum absolute atomic E-state index is 0.156. The highest BCUT2D eigenvalue weighted by atomic mass is 32.1. The lowest BCUT2D eigenvalue weighted by molar-refractivity contribution is 0.228. The molecule has 1 heterocycles. The molecule has 4 rings (SSSR count). The lowest BCUT2D eigenvalue weighted by Gasteiger charge is -2.42. The Kier molecular flexibility index (Phi) is 5.83. The van der Waals surface area contributed by atoms with Crippen LogP contribution in [0.2, 0.25) is 0 Å². The number of ether oxygens (including phenoxy) is 2. The fourth-order valence-corrected chi connectivity index (χ4v) is 5.78. The maximum Gasteiger partial charge on any atom is 0.161 e. The van der Waals surface area contributed by atoms with Crippen LogP contribution in [0.4, 0.5) is 10.1 Å². The van der Waals surface area contributed by atoms with Gasteiger partial charge in [-0.05, 0) is 86.1 Å². The van der Waals surface area contributed by atoms with Crippen LogP contribution in [0.3, 0.4) is 0 Å². The number of rotatable bonds is 5. The largest absolute Gasteiger partial charge is 0.493 e. The fourth-order valence-electron chi connectivity index (χ4n) is 4.85. The number of halogens is 1. The zero-order valence-electron chi connectivity index (χ0n) is 17.2. The summed E-state index contributed by atoms with van der Waals surface area (Å²) in [5, 5.41) is 0. The van der Waals surface area contributed by atoms with E-state index in [1.807, 2.05) is 6.07 Å². The molecular weight excluding hydrogens is 387 g/mol. The van der Waals surface area contributed by atoms with Gasteiger partial charge in [0.15, 0.2) is 11.5 Å². The number of nitrogens with one attached hydrogen (secondary N) is 1. The summed E-state index contributed by atoms with van der Waals surface area (Å²) < 4.78 is 27.6. The number of benzene rings is 2. The number of anilines is 1. The molecule has 0 unspecified atom stereocenters. The summed E-state index contributed by atoms with van der Waals surface area (Å²) in [5.74, 6) is 1.38. The van der Waals surface area contributed by atoms with Crippen LogP contribution in [0, 0.1) is 5.82 Å². The van der Waals surface area contributed by atoms with Crippen LogP contribution in [0.15, 0.2) is 42.5 Å². The van der Waals surface area contributed by atoms with Gasteiger partial charge in [0.2, 0.25) is 0 Å². The van der Waals surface area contributed by atoms with Gasteiger partial charge in [-0.3, -0.25) is 0 Å².